The van der Waals surface area contributed by atoms with Crippen LogP contribution in [-0.4, -0.2) is 35.7 Å². The van der Waals surface area contributed by atoms with Crippen LogP contribution in [0.1, 0.15) is 5.56 Å². The summed E-state index contributed by atoms with van der Waals surface area (Å²) in [5.41, 5.74) is 2.88. The molecule has 0 amide bonds. The molecule has 0 aliphatic heterocycles. The fourth-order valence-electron chi connectivity index (χ4n) is 1.43. The number of thioether (sulfide) groups is 1. The van der Waals surface area contributed by atoms with E-state index in [0.29, 0.717) is 18.4 Å². The Morgan fingerprint density at radius 2 is 2.29 bits per heavy atom. The number of ether oxygens (including phenoxy) is 1. The zero-order valence-electron chi connectivity index (χ0n) is 9.68. The molecule has 5 heteroatoms. The van der Waals surface area contributed by atoms with E-state index in [1.807, 2.05) is 25.1 Å². The molecule has 92 valence electrons. The van der Waals surface area contributed by atoms with E-state index in [0.717, 1.165) is 16.9 Å². The Labute approximate surface area is 104 Å². The highest BCUT2D eigenvalue weighted by molar-refractivity contribution is 7.99. The standard InChI is InChI=1S/C12H15NO3S/c1-9-2-3-11-10(8-9)13-12(16-11)17-7-6-15-5-4-14/h2-3,8,14H,4-7H2,1H3. The van der Waals surface area contributed by atoms with Gasteiger partial charge in [-0.05, 0) is 24.6 Å². The van der Waals surface area contributed by atoms with Crippen LogP contribution in [0.4, 0.5) is 0 Å². The second kappa shape index (κ2) is 6.05. The van der Waals surface area contributed by atoms with E-state index in [4.69, 9.17) is 14.3 Å². The van der Waals surface area contributed by atoms with Crippen LogP contribution in [0.5, 0.6) is 0 Å². The van der Waals surface area contributed by atoms with Crippen molar-refractivity contribution in [3.8, 4) is 0 Å². The van der Waals surface area contributed by atoms with Gasteiger partial charge in [0.1, 0.15) is 5.52 Å². The van der Waals surface area contributed by atoms with Crippen molar-refractivity contribution in [2.24, 2.45) is 0 Å². The van der Waals surface area contributed by atoms with E-state index in [1.54, 1.807) is 0 Å². The Morgan fingerprint density at radius 1 is 1.41 bits per heavy atom. The van der Waals surface area contributed by atoms with Gasteiger partial charge in [-0.2, -0.15) is 0 Å². The second-order valence-corrected chi connectivity index (χ2v) is 4.68. The Morgan fingerprint density at radius 3 is 3.12 bits per heavy atom. The molecule has 1 N–H and O–H groups in total. The maximum atomic E-state index is 8.54. The zero-order chi connectivity index (χ0) is 12.1. The molecule has 0 saturated heterocycles. The number of hydrogen-bond acceptors (Lipinski definition) is 5. The van der Waals surface area contributed by atoms with Crippen LogP contribution in [0.15, 0.2) is 27.8 Å². The van der Waals surface area contributed by atoms with Crippen molar-refractivity contribution >= 4 is 22.9 Å². The van der Waals surface area contributed by atoms with E-state index in [1.165, 1.54) is 17.3 Å². The number of benzene rings is 1. The molecule has 4 nitrogen and oxygen atoms in total. The van der Waals surface area contributed by atoms with Gasteiger partial charge >= 0.3 is 0 Å². The van der Waals surface area contributed by atoms with Gasteiger partial charge in [-0.25, -0.2) is 4.98 Å². The Bertz CT molecular complexity index is 484. The van der Waals surface area contributed by atoms with Crippen molar-refractivity contribution in [1.82, 2.24) is 4.98 Å². The Kier molecular flexibility index (Phi) is 4.42. The van der Waals surface area contributed by atoms with Gasteiger partial charge in [0.25, 0.3) is 5.22 Å². The van der Waals surface area contributed by atoms with Crippen molar-refractivity contribution in [2.45, 2.75) is 12.1 Å². The molecule has 2 aromatic rings. The average molecular weight is 253 g/mol. The predicted molar refractivity (Wildman–Crippen MR) is 67.4 cm³/mol. The lowest BCUT2D eigenvalue weighted by atomic mass is 10.2. The predicted octanol–water partition coefficient (Wildman–Crippen LogP) is 2.24. The van der Waals surface area contributed by atoms with Crippen molar-refractivity contribution in [2.75, 3.05) is 25.6 Å². The summed E-state index contributed by atoms with van der Waals surface area (Å²) in [6.45, 7) is 3.06. The smallest absolute Gasteiger partial charge is 0.256 e. The lowest BCUT2D eigenvalue weighted by Crippen LogP contribution is -2.02. The van der Waals surface area contributed by atoms with Crippen molar-refractivity contribution in [1.29, 1.82) is 0 Å². The number of fused-ring (bicyclic) bond motifs is 1. The van der Waals surface area contributed by atoms with Gasteiger partial charge in [-0.3, -0.25) is 0 Å². The minimum Gasteiger partial charge on any atom is -0.431 e. The minimum atomic E-state index is 0.0623. The fraction of sp³-hybridized carbons (Fsp3) is 0.417. The van der Waals surface area contributed by atoms with Crippen LogP contribution in [0, 0.1) is 6.92 Å². The van der Waals surface area contributed by atoms with Crippen LogP contribution < -0.4 is 0 Å². The molecule has 0 unspecified atom stereocenters. The highest BCUT2D eigenvalue weighted by Gasteiger charge is 2.05. The first kappa shape index (κ1) is 12.4. The molecule has 0 radical (unpaired) electrons. The van der Waals surface area contributed by atoms with Gasteiger partial charge in [0.05, 0.1) is 19.8 Å². The third kappa shape index (κ3) is 3.46. The summed E-state index contributed by atoms with van der Waals surface area (Å²) in [5, 5.41) is 9.21. The summed E-state index contributed by atoms with van der Waals surface area (Å²) in [5.74, 6) is 0.770. The van der Waals surface area contributed by atoms with Crippen LogP contribution in [0.2, 0.25) is 0 Å². The molecule has 1 aromatic carbocycles. The Hall–Kier alpha value is -1.04. The molecule has 0 aliphatic carbocycles. The third-order valence-electron chi connectivity index (χ3n) is 2.21. The average Bonchev–Trinajstić information content (AvgIpc) is 2.70. The minimum absolute atomic E-state index is 0.0623. The number of rotatable bonds is 6. The molecule has 2 rings (SSSR count). The molecule has 1 aromatic heterocycles. The van der Waals surface area contributed by atoms with Crippen LogP contribution >= 0.6 is 11.8 Å². The summed E-state index contributed by atoms with van der Waals surface area (Å²) in [4.78, 5) is 4.38. The molecule has 0 spiro atoms. The van der Waals surface area contributed by atoms with Gasteiger partial charge in [-0.1, -0.05) is 17.8 Å². The van der Waals surface area contributed by atoms with Gasteiger partial charge in [0, 0.05) is 5.75 Å². The molecular weight excluding hydrogens is 238 g/mol. The lowest BCUT2D eigenvalue weighted by Gasteiger charge is -1.98. The van der Waals surface area contributed by atoms with Gasteiger partial charge in [-0.15, -0.1) is 0 Å². The van der Waals surface area contributed by atoms with Crippen LogP contribution in [0.3, 0.4) is 0 Å². The van der Waals surface area contributed by atoms with Crippen molar-refractivity contribution < 1.29 is 14.3 Å². The van der Waals surface area contributed by atoms with Gasteiger partial charge in [0.15, 0.2) is 5.58 Å². The number of nitrogens with zero attached hydrogens (tertiary/aromatic N) is 1. The SMILES string of the molecule is Cc1ccc2oc(SCCOCCO)nc2c1. The molecule has 0 bridgehead atoms. The van der Waals surface area contributed by atoms with E-state index in [9.17, 15) is 0 Å². The summed E-state index contributed by atoms with van der Waals surface area (Å²) in [7, 11) is 0. The van der Waals surface area contributed by atoms with Crippen molar-refractivity contribution in [3.05, 3.63) is 23.8 Å². The summed E-state index contributed by atoms with van der Waals surface area (Å²) < 4.78 is 10.7. The van der Waals surface area contributed by atoms with Crippen LogP contribution in [0.25, 0.3) is 11.1 Å². The number of aromatic nitrogens is 1. The zero-order valence-corrected chi connectivity index (χ0v) is 10.5. The summed E-state index contributed by atoms with van der Waals surface area (Å²) in [6, 6.07) is 5.95. The first-order valence-corrected chi connectivity index (χ1v) is 6.47. The molecule has 17 heavy (non-hydrogen) atoms. The van der Waals surface area contributed by atoms with E-state index < -0.39 is 0 Å². The molecular formula is C12H15NO3S. The Balaban J connectivity index is 1.91. The lowest BCUT2D eigenvalue weighted by molar-refractivity contribution is 0.103. The maximum absolute atomic E-state index is 8.54. The molecule has 1 heterocycles. The maximum Gasteiger partial charge on any atom is 0.256 e. The first-order chi connectivity index (χ1) is 8.29. The van der Waals surface area contributed by atoms with E-state index in [-0.39, 0.29) is 6.61 Å². The quantitative estimate of drug-likeness (QED) is 0.632. The summed E-state index contributed by atoms with van der Waals surface area (Å²) in [6.07, 6.45) is 0. The largest absolute Gasteiger partial charge is 0.431 e. The highest BCUT2D eigenvalue weighted by atomic mass is 32.2. The number of aliphatic hydroxyl groups is 1. The van der Waals surface area contributed by atoms with Gasteiger partial charge in [0.2, 0.25) is 0 Å². The molecule has 0 aliphatic rings. The molecule has 0 atom stereocenters. The van der Waals surface area contributed by atoms with Crippen molar-refractivity contribution in [3.63, 3.8) is 0 Å². The molecule has 0 saturated carbocycles. The van der Waals surface area contributed by atoms with Gasteiger partial charge < -0.3 is 14.3 Å². The molecule has 0 fully saturated rings. The second-order valence-electron chi connectivity index (χ2n) is 3.64. The summed E-state index contributed by atoms with van der Waals surface area (Å²) >= 11 is 1.52. The van der Waals surface area contributed by atoms with Crippen LogP contribution in [-0.2, 0) is 4.74 Å². The topological polar surface area (TPSA) is 55.5 Å². The number of aliphatic hydroxyl groups excluding tert-OH is 1. The fourth-order valence-corrected chi connectivity index (χ4v) is 2.12. The number of hydrogen-bond donors (Lipinski definition) is 1. The third-order valence-corrected chi connectivity index (χ3v) is 3.00. The van der Waals surface area contributed by atoms with E-state index >= 15 is 0 Å². The monoisotopic (exact) mass is 253 g/mol. The number of aryl methyl sites for hydroxylation is 1. The highest BCUT2D eigenvalue weighted by Crippen LogP contribution is 2.23. The first-order valence-electron chi connectivity index (χ1n) is 5.48. The van der Waals surface area contributed by atoms with E-state index in [2.05, 4.69) is 4.98 Å². The normalized spacial score (nSPS) is 11.2. The number of oxazole rings is 1.